The molecule has 0 atom stereocenters. The lowest BCUT2D eigenvalue weighted by Gasteiger charge is -2.30. The highest BCUT2D eigenvalue weighted by Gasteiger charge is 2.32. The van der Waals surface area contributed by atoms with Gasteiger partial charge in [-0.1, -0.05) is 17.7 Å². The summed E-state index contributed by atoms with van der Waals surface area (Å²) in [5.41, 5.74) is 1.53. The number of hydrogen-bond acceptors (Lipinski definition) is 4. The third kappa shape index (κ3) is 4.12. The average molecular weight is 430 g/mol. The van der Waals surface area contributed by atoms with Gasteiger partial charge in [0, 0.05) is 35.6 Å². The molecule has 1 fully saturated rings. The second-order valence-electron chi connectivity index (χ2n) is 7.00. The molecule has 1 aliphatic heterocycles. The van der Waals surface area contributed by atoms with Crippen molar-refractivity contribution in [2.24, 2.45) is 5.92 Å². The first-order chi connectivity index (χ1) is 13.9. The monoisotopic (exact) mass is 429 g/mol. The number of nitrogens with zero attached hydrogens (tertiary/aromatic N) is 2. The van der Waals surface area contributed by atoms with E-state index in [1.165, 1.54) is 16.4 Å². The number of rotatable bonds is 4. The Bertz CT molecular complexity index is 1140. The van der Waals surface area contributed by atoms with Crippen LogP contribution in [0.25, 0.3) is 10.9 Å². The van der Waals surface area contributed by atoms with E-state index in [0.717, 1.165) is 16.6 Å². The number of piperidine rings is 1. The third-order valence-corrected chi connectivity index (χ3v) is 7.34. The highest BCUT2D eigenvalue weighted by molar-refractivity contribution is 7.89. The Morgan fingerprint density at radius 1 is 1.03 bits per heavy atom. The molecule has 1 N–H and O–H groups in total. The van der Waals surface area contributed by atoms with Crippen molar-refractivity contribution < 1.29 is 13.2 Å². The predicted octanol–water partition coefficient (Wildman–Crippen LogP) is 3.93. The van der Waals surface area contributed by atoms with Gasteiger partial charge in [-0.2, -0.15) is 4.31 Å². The molecule has 29 heavy (non-hydrogen) atoms. The molecule has 3 aromatic rings. The van der Waals surface area contributed by atoms with Crippen LogP contribution in [0.1, 0.15) is 12.8 Å². The molecular weight excluding hydrogens is 410 g/mol. The van der Waals surface area contributed by atoms with Gasteiger partial charge in [0.2, 0.25) is 15.9 Å². The van der Waals surface area contributed by atoms with E-state index in [4.69, 9.17) is 11.6 Å². The maximum Gasteiger partial charge on any atom is 0.243 e. The number of fused-ring (bicyclic) bond motifs is 1. The summed E-state index contributed by atoms with van der Waals surface area (Å²) in [4.78, 5) is 17.3. The van der Waals surface area contributed by atoms with E-state index in [-0.39, 0.29) is 16.7 Å². The Balaban J connectivity index is 1.43. The summed E-state index contributed by atoms with van der Waals surface area (Å²) in [5, 5.41) is 4.35. The molecule has 1 saturated heterocycles. The zero-order valence-corrected chi connectivity index (χ0v) is 17.2. The Kier molecular flexibility index (Phi) is 5.54. The highest BCUT2D eigenvalue weighted by atomic mass is 35.5. The fourth-order valence-electron chi connectivity index (χ4n) is 3.56. The van der Waals surface area contributed by atoms with Crippen molar-refractivity contribution in [2.45, 2.75) is 17.7 Å². The number of amides is 1. The van der Waals surface area contributed by atoms with Crippen LogP contribution in [0.4, 0.5) is 5.69 Å². The summed E-state index contributed by atoms with van der Waals surface area (Å²) < 4.78 is 27.0. The lowest BCUT2D eigenvalue weighted by molar-refractivity contribution is -0.120. The Labute approximate surface area is 174 Å². The van der Waals surface area contributed by atoms with Crippen molar-refractivity contribution in [3.63, 3.8) is 0 Å². The largest absolute Gasteiger partial charge is 0.325 e. The van der Waals surface area contributed by atoms with Crippen molar-refractivity contribution in [1.82, 2.24) is 9.29 Å². The summed E-state index contributed by atoms with van der Waals surface area (Å²) >= 11 is 5.85. The van der Waals surface area contributed by atoms with Crippen molar-refractivity contribution in [1.29, 1.82) is 0 Å². The first kappa shape index (κ1) is 19.8. The Morgan fingerprint density at radius 2 is 1.76 bits per heavy atom. The van der Waals surface area contributed by atoms with Crippen LogP contribution in [0.3, 0.4) is 0 Å². The van der Waals surface area contributed by atoms with Crippen LogP contribution < -0.4 is 5.32 Å². The number of benzene rings is 2. The summed E-state index contributed by atoms with van der Waals surface area (Å²) in [6.07, 6.45) is 2.66. The smallest absolute Gasteiger partial charge is 0.243 e. The van der Waals surface area contributed by atoms with Crippen molar-refractivity contribution in [3.8, 4) is 0 Å². The van der Waals surface area contributed by atoms with Gasteiger partial charge in [-0.3, -0.25) is 9.78 Å². The fourth-order valence-corrected chi connectivity index (χ4v) is 5.16. The van der Waals surface area contributed by atoms with Gasteiger partial charge < -0.3 is 5.32 Å². The molecule has 0 saturated carbocycles. The standard InChI is InChI=1S/C21H20ClN3O3S/c22-16-6-8-17(9-7-16)29(27,28)25-13-10-15(11-14-25)21(26)24-20-5-1-4-19-18(20)3-2-12-23-19/h1-9,12,15H,10-11,13-14H2,(H,24,26). The van der Waals surface area contributed by atoms with Crippen LogP contribution in [0, 0.1) is 5.92 Å². The molecule has 0 unspecified atom stereocenters. The fraction of sp³-hybridized carbons (Fsp3) is 0.238. The number of hydrogen-bond donors (Lipinski definition) is 1. The molecule has 1 aromatic heterocycles. The zero-order valence-electron chi connectivity index (χ0n) is 15.6. The molecule has 1 amide bonds. The lowest BCUT2D eigenvalue weighted by atomic mass is 9.97. The van der Waals surface area contributed by atoms with Crippen LogP contribution in [-0.4, -0.2) is 36.7 Å². The maximum absolute atomic E-state index is 12.8. The number of carbonyl (C=O) groups excluding carboxylic acids is 1. The minimum Gasteiger partial charge on any atom is -0.325 e. The van der Waals surface area contributed by atoms with Crippen molar-refractivity contribution >= 4 is 44.1 Å². The van der Waals surface area contributed by atoms with Crippen LogP contribution in [0.2, 0.25) is 5.02 Å². The SMILES string of the molecule is O=C(Nc1cccc2ncccc12)C1CCN(S(=O)(=O)c2ccc(Cl)cc2)CC1. The number of halogens is 1. The van der Waals surface area contributed by atoms with Crippen LogP contribution in [-0.2, 0) is 14.8 Å². The molecule has 0 aliphatic carbocycles. The predicted molar refractivity (Wildman–Crippen MR) is 113 cm³/mol. The minimum absolute atomic E-state index is 0.0927. The normalized spacial score (nSPS) is 16.0. The Hall–Kier alpha value is -2.48. The van der Waals surface area contributed by atoms with E-state index >= 15 is 0 Å². The van der Waals surface area contributed by atoms with Crippen molar-refractivity contribution in [2.75, 3.05) is 18.4 Å². The summed E-state index contributed by atoms with van der Waals surface area (Å²) in [7, 11) is -3.58. The van der Waals surface area contributed by atoms with E-state index in [1.807, 2.05) is 30.3 Å². The van der Waals surface area contributed by atoms with Gasteiger partial charge in [-0.25, -0.2) is 8.42 Å². The summed E-state index contributed by atoms with van der Waals surface area (Å²) in [6, 6.07) is 15.5. The number of sulfonamides is 1. The van der Waals surface area contributed by atoms with Gasteiger partial charge >= 0.3 is 0 Å². The van der Waals surface area contributed by atoms with Gasteiger partial charge in [0.05, 0.1) is 16.1 Å². The van der Waals surface area contributed by atoms with Crippen LogP contribution in [0.15, 0.2) is 65.7 Å². The molecule has 0 radical (unpaired) electrons. The maximum atomic E-state index is 12.8. The quantitative estimate of drug-likeness (QED) is 0.681. The van der Waals surface area contributed by atoms with E-state index in [1.54, 1.807) is 18.3 Å². The summed E-state index contributed by atoms with van der Waals surface area (Å²) in [5.74, 6) is -0.330. The molecule has 8 heteroatoms. The number of anilines is 1. The first-order valence-corrected chi connectivity index (χ1v) is 11.2. The highest BCUT2D eigenvalue weighted by Crippen LogP contribution is 2.27. The van der Waals surface area contributed by atoms with Gasteiger partial charge in [-0.15, -0.1) is 0 Å². The lowest BCUT2D eigenvalue weighted by Crippen LogP contribution is -2.41. The van der Waals surface area contributed by atoms with Crippen LogP contribution >= 0.6 is 11.6 Å². The van der Waals surface area contributed by atoms with E-state index in [2.05, 4.69) is 10.3 Å². The number of carbonyl (C=O) groups is 1. The summed E-state index contributed by atoms with van der Waals surface area (Å²) in [6.45, 7) is 0.611. The molecule has 4 rings (SSSR count). The molecular formula is C21H20ClN3O3S. The second-order valence-corrected chi connectivity index (χ2v) is 9.37. The van der Waals surface area contributed by atoms with Gasteiger partial charge in [-0.05, 0) is 61.4 Å². The van der Waals surface area contributed by atoms with E-state index < -0.39 is 10.0 Å². The van der Waals surface area contributed by atoms with Gasteiger partial charge in [0.1, 0.15) is 0 Å². The van der Waals surface area contributed by atoms with Crippen LogP contribution in [0.5, 0.6) is 0 Å². The number of aromatic nitrogens is 1. The van der Waals surface area contributed by atoms with Gasteiger partial charge in [0.15, 0.2) is 0 Å². The number of nitrogens with one attached hydrogen (secondary N) is 1. The molecule has 2 heterocycles. The average Bonchev–Trinajstić information content (AvgIpc) is 2.74. The molecule has 1 aliphatic rings. The zero-order chi connectivity index (χ0) is 20.4. The number of pyridine rings is 1. The molecule has 0 spiro atoms. The molecule has 6 nitrogen and oxygen atoms in total. The Morgan fingerprint density at radius 3 is 2.48 bits per heavy atom. The second kappa shape index (κ2) is 8.10. The van der Waals surface area contributed by atoms with Crippen molar-refractivity contribution in [3.05, 3.63) is 65.8 Å². The van der Waals surface area contributed by atoms with Gasteiger partial charge in [0.25, 0.3) is 0 Å². The first-order valence-electron chi connectivity index (χ1n) is 9.35. The third-order valence-electron chi connectivity index (χ3n) is 5.18. The van der Waals surface area contributed by atoms with E-state index in [0.29, 0.717) is 31.0 Å². The molecule has 2 aromatic carbocycles. The molecule has 0 bridgehead atoms. The molecule has 150 valence electrons. The topological polar surface area (TPSA) is 79.4 Å². The van der Waals surface area contributed by atoms with E-state index in [9.17, 15) is 13.2 Å². The minimum atomic E-state index is -3.58.